The molecule has 0 saturated carbocycles. The number of phenols is 1. The minimum atomic E-state index is -0.312. The van der Waals surface area contributed by atoms with Crippen LogP contribution in [0, 0.1) is 0 Å². The fourth-order valence-electron chi connectivity index (χ4n) is 1.30. The number of hydrogen-bond acceptors (Lipinski definition) is 3. The van der Waals surface area contributed by atoms with Gasteiger partial charge < -0.3 is 14.9 Å². The van der Waals surface area contributed by atoms with Crippen LogP contribution in [0.3, 0.4) is 0 Å². The Hall–Kier alpha value is -1.22. The zero-order valence-electron chi connectivity index (χ0n) is 8.53. The van der Waals surface area contributed by atoms with Crippen LogP contribution < -0.4 is 4.74 Å². The Morgan fingerprint density at radius 3 is 2.71 bits per heavy atom. The lowest BCUT2D eigenvalue weighted by Gasteiger charge is -2.09. The highest BCUT2D eigenvalue weighted by atomic mass is 16.5. The molecular weight excluding hydrogens is 180 g/mol. The smallest absolute Gasteiger partial charge is 0.125 e. The summed E-state index contributed by atoms with van der Waals surface area (Å²) in [5.41, 5.74) is 1.01. The fraction of sp³-hybridized carbons (Fsp3) is 0.455. The van der Waals surface area contributed by atoms with E-state index in [-0.39, 0.29) is 11.9 Å². The maximum atomic E-state index is 9.22. The van der Waals surface area contributed by atoms with Crippen molar-refractivity contribution in [2.75, 3.05) is 7.11 Å². The van der Waals surface area contributed by atoms with Crippen molar-refractivity contribution in [3.05, 3.63) is 23.8 Å². The van der Waals surface area contributed by atoms with Crippen molar-refractivity contribution < 1.29 is 14.9 Å². The summed E-state index contributed by atoms with van der Waals surface area (Å²) in [5, 5.41) is 18.4. The van der Waals surface area contributed by atoms with E-state index in [2.05, 4.69) is 0 Å². The van der Waals surface area contributed by atoms with Gasteiger partial charge >= 0.3 is 0 Å². The van der Waals surface area contributed by atoms with Crippen LogP contribution in [0.5, 0.6) is 11.5 Å². The number of ether oxygens (including phenoxy) is 1. The minimum Gasteiger partial charge on any atom is -0.508 e. The average molecular weight is 196 g/mol. The largest absolute Gasteiger partial charge is 0.508 e. The Bertz CT molecular complexity index is 295. The van der Waals surface area contributed by atoms with Crippen LogP contribution in [0.2, 0.25) is 0 Å². The number of hydrogen-bond donors (Lipinski definition) is 2. The molecule has 0 bridgehead atoms. The summed E-state index contributed by atoms with van der Waals surface area (Å²) in [7, 11) is 1.57. The molecule has 3 nitrogen and oxygen atoms in total. The molecule has 3 heteroatoms. The Kier molecular flexibility index (Phi) is 3.77. The van der Waals surface area contributed by atoms with Crippen LogP contribution in [0.15, 0.2) is 18.2 Å². The Morgan fingerprint density at radius 2 is 2.14 bits per heavy atom. The van der Waals surface area contributed by atoms with E-state index in [4.69, 9.17) is 9.84 Å². The third kappa shape index (κ3) is 2.92. The number of phenolic OH excluding ortho intramolecular Hbond substituents is 1. The normalized spacial score (nSPS) is 12.5. The molecule has 0 aliphatic carbocycles. The number of aliphatic hydroxyl groups excluding tert-OH is 1. The summed E-state index contributed by atoms with van der Waals surface area (Å²) >= 11 is 0. The van der Waals surface area contributed by atoms with E-state index in [1.54, 1.807) is 26.2 Å². The highest BCUT2D eigenvalue weighted by Gasteiger charge is 2.05. The number of benzene rings is 1. The van der Waals surface area contributed by atoms with Crippen molar-refractivity contribution in [3.63, 3.8) is 0 Å². The topological polar surface area (TPSA) is 49.7 Å². The van der Waals surface area contributed by atoms with Crippen molar-refractivity contribution in [1.82, 2.24) is 0 Å². The predicted molar refractivity (Wildman–Crippen MR) is 54.7 cm³/mol. The van der Waals surface area contributed by atoms with Crippen LogP contribution in [0.1, 0.15) is 18.9 Å². The summed E-state index contributed by atoms with van der Waals surface area (Å²) < 4.78 is 5.12. The van der Waals surface area contributed by atoms with Crippen LogP contribution in [0.4, 0.5) is 0 Å². The van der Waals surface area contributed by atoms with Gasteiger partial charge in [-0.1, -0.05) is 6.07 Å². The number of aromatic hydroxyl groups is 1. The number of aliphatic hydroxyl groups is 1. The second kappa shape index (κ2) is 4.86. The molecule has 0 aromatic heterocycles. The van der Waals surface area contributed by atoms with E-state index in [1.807, 2.05) is 6.07 Å². The average Bonchev–Trinajstić information content (AvgIpc) is 2.15. The van der Waals surface area contributed by atoms with Gasteiger partial charge in [0, 0.05) is 6.07 Å². The molecule has 0 saturated heterocycles. The van der Waals surface area contributed by atoms with Gasteiger partial charge in [-0.25, -0.2) is 0 Å². The number of aryl methyl sites for hydroxylation is 1. The van der Waals surface area contributed by atoms with E-state index in [9.17, 15) is 5.11 Å². The van der Waals surface area contributed by atoms with Gasteiger partial charge in [-0.15, -0.1) is 0 Å². The van der Waals surface area contributed by atoms with Gasteiger partial charge in [-0.2, -0.15) is 0 Å². The van der Waals surface area contributed by atoms with Crippen LogP contribution in [-0.4, -0.2) is 23.4 Å². The Balaban J connectivity index is 2.75. The van der Waals surface area contributed by atoms with Crippen LogP contribution in [-0.2, 0) is 6.42 Å². The summed E-state index contributed by atoms with van der Waals surface area (Å²) in [5.74, 6) is 0.869. The van der Waals surface area contributed by atoms with E-state index in [0.29, 0.717) is 12.2 Å². The van der Waals surface area contributed by atoms with E-state index in [1.165, 1.54) is 0 Å². The first-order chi connectivity index (χ1) is 6.63. The van der Waals surface area contributed by atoms with Gasteiger partial charge in [0.1, 0.15) is 11.5 Å². The maximum Gasteiger partial charge on any atom is 0.125 e. The second-order valence-electron chi connectivity index (χ2n) is 3.38. The van der Waals surface area contributed by atoms with Crippen LogP contribution in [0.25, 0.3) is 0 Å². The standard InChI is InChI=1S/C11H16O3/c1-8(12)3-4-9-5-6-10(13)7-11(9)14-2/h5-8,12-13H,3-4H2,1-2H3/t8-/m0/s1. The molecule has 0 heterocycles. The molecule has 78 valence electrons. The van der Waals surface area contributed by atoms with E-state index >= 15 is 0 Å². The molecular formula is C11H16O3. The van der Waals surface area contributed by atoms with Crippen molar-refractivity contribution in [1.29, 1.82) is 0 Å². The Labute approximate surface area is 84.0 Å². The summed E-state index contributed by atoms with van der Waals surface area (Å²) in [6.07, 6.45) is 1.14. The van der Waals surface area contributed by atoms with Gasteiger partial charge in [-0.05, 0) is 31.4 Å². The monoisotopic (exact) mass is 196 g/mol. The first kappa shape index (κ1) is 10.9. The maximum absolute atomic E-state index is 9.22. The second-order valence-corrected chi connectivity index (χ2v) is 3.38. The first-order valence-corrected chi connectivity index (χ1v) is 4.67. The quantitative estimate of drug-likeness (QED) is 0.770. The van der Waals surface area contributed by atoms with Gasteiger partial charge in [0.05, 0.1) is 13.2 Å². The molecule has 1 rings (SSSR count). The van der Waals surface area contributed by atoms with E-state index < -0.39 is 0 Å². The molecule has 0 amide bonds. The zero-order valence-corrected chi connectivity index (χ0v) is 8.53. The van der Waals surface area contributed by atoms with Crippen molar-refractivity contribution in [2.45, 2.75) is 25.9 Å². The minimum absolute atomic E-state index is 0.197. The number of methoxy groups -OCH3 is 1. The molecule has 1 aromatic carbocycles. The highest BCUT2D eigenvalue weighted by molar-refractivity contribution is 5.40. The van der Waals surface area contributed by atoms with Gasteiger partial charge in [0.25, 0.3) is 0 Å². The molecule has 14 heavy (non-hydrogen) atoms. The lowest BCUT2D eigenvalue weighted by Crippen LogP contribution is -2.02. The fourth-order valence-corrected chi connectivity index (χ4v) is 1.30. The molecule has 0 unspecified atom stereocenters. The first-order valence-electron chi connectivity index (χ1n) is 4.67. The molecule has 0 fully saturated rings. The molecule has 1 aromatic rings. The third-order valence-corrected chi connectivity index (χ3v) is 2.10. The lowest BCUT2D eigenvalue weighted by atomic mass is 10.1. The summed E-state index contributed by atoms with van der Waals surface area (Å²) in [6, 6.07) is 5.02. The molecule has 0 spiro atoms. The zero-order chi connectivity index (χ0) is 10.6. The predicted octanol–water partition coefficient (Wildman–Crippen LogP) is 1.71. The molecule has 1 atom stereocenters. The summed E-state index contributed by atoms with van der Waals surface area (Å²) in [4.78, 5) is 0. The molecule has 0 radical (unpaired) electrons. The molecule has 2 N–H and O–H groups in total. The highest BCUT2D eigenvalue weighted by Crippen LogP contribution is 2.24. The summed E-state index contributed by atoms with van der Waals surface area (Å²) in [6.45, 7) is 1.76. The SMILES string of the molecule is COc1cc(O)ccc1CC[C@H](C)O. The molecule has 0 aliphatic rings. The Morgan fingerprint density at radius 1 is 1.43 bits per heavy atom. The number of rotatable bonds is 4. The lowest BCUT2D eigenvalue weighted by molar-refractivity contribution is 0.184. The van der Waals surface area contributed by atoms with E-state index in [0.717, 1.165) is 12.0 Å². The third-order valence-electron chi connectivity index (χ3n) is 2.10. The van der Waals surface area contributed by atoms with Gasteiger partial charge in [0.2, 0.25) is 0 Å². The van der Waals surface area contributed by atoms with Crippen LogP contribution >= 0.6 is 0 Å². The van der Waals surface area contributed by atoms with Gasteiger partial charge in [-0.3, -0.25) is 0 Å². The van der Waals surface area contributed by atoms with Gasteiger partial charge in [0.15, 0.2) is 0 Å². The van der Waals surface area contributed by atoms with Crippen molar-refractivity contribution in [3.8, 4) is 11.5 Å². The van der Waals surface area contributed by atoms with Crippen molar-refractivity contribution >= 4 is 0 Å². The van der Waals surface area contributed by atoms with Crippen molar-refractivity contribution in [2.24, 2.45) is 0 Å². The molecule has 0 aliphatic heterocycles.